The van der Waals surface area contributed by atoms with E-state index in [1.165, 1.54) is 7.11 Å². The monoisotopic (exact) mass is 513 g/mol. The third-order valence-electron chi connectivity index (χ3n) is 5.69. The Morgan fingerprint density at radius 2 is 2.09 bits per heavy atom. The Balaban J connectivity index is 1.43. The summed E-state index contributed by atoms with van der Waals surface area (Å²) in [6, 6.07) is 3.60. The van der Waals surface area contributed by atoms with Crippen LogP contribution in [-0.4, -0.2) is 66.1 Å². The highest BCUT2D eigenvalue weighted by Gasteiger charge is 2.28. The summed E-state index contributed by atoms with van der Waals surface area (Å²) in [5.41, 5.74) is 4.64. The lowest BCUT2D eigenvalue weighted by atomic mass is 10.0. The number of urea groups is 1. The van der Waals surface area contributed by atoms with E-state index in [4.69, 9.17) is 28.0 Å². The molecule has 0 spiro atoms. The van der Waals surface area contributed by atoms with E-state index in [2.05, 4.69) is 26.1 Å². The number of nitrogens with zero attached hydrogens (tertiary/aromatic N) is 3. The Bertz CT molecular complexity index is 913. The third kappa shape index (κ3) is 7.28. The molecule has 0 atom stereocenters. The van der Waals surface area contributed by atoms with Gasteiger partial charge in [0, 0.05) is 32.2 Å². The molecule has 2 aromatic heterocycles. The van der Waals surface area contributed by atoms with Gasteiger partial charge >= 0.3 is 6.03 Å². The minimum atomic E-state index is -0.242. The summed E-state index contributed by atoms with van der Waals surface area (Å²) in [6.45, 7) is 5.55. The van der Waals surface area contributed by atoms with Crippen molar-refractivity contribution in [2.75, 3.05) is 33.3 Å². The highest BCUT2D eigenvalue weighted by atomic mass is 35.5. The van der Waals surface area contributed by atoms with Crippen molar-refractivity contribution in [2.24, 2.45) is 0 Å². The number of amides is 3. The molecule has 0 aromatic carbocycles. The van der Waals surface area contributed by atoms with Crippen molar-refractivity contribution in [3.63, 3.8) is 0 Å². The van der Waals surface area contributed by atoms with Gasteiger partial charge in [0.1, 0.15) is 10.3 Å². The SMILES string of the molecule is CONC(=O)N(Cc1ccsc1)C1CCN(CCCNC(=O)c2c(C)cc(Cl)nc2Cl)CC1. The molecule has 1 aliphatic rings. The molecule has 33 heavy (non-hydrogen) atoms. The lowest BCUT2D eigenvalue weighted by Gasteiger charge is -2.38. The van der Waals surface area contributed by atoms with Gasteiger partial charge in [-0.25, -0.2) is 15.3 Å². The Kier molecular flexibility index (Phi) is 9.76. The molecular weight excluding hydrogens is 485 g/mol. The van der Waals surface area contributed by atoms with Gasteiger partial charge in [0.05, 0.1) is 12.7 Å². The Labute approximate surface area is 208 Å². The summed E-state index contributed by atoms with van der Waals surface area (Å²) in [5, 5.41) is 7.37. The zero-order valence-corrected chi connectivity index (χ0v) is 21.1. The van der Waals surface area contributed by atoms with Crippen LogP contribution in [0.15, 0.2) is 22.9 Å². The van der Waals surface area contributed by atoms with Crippen LogP contribution in [0.2, 0.25) is 10.3 Å². The highest BCUT2D eigenvalue weighted by Crippen LogP contribution is 2.22. The lowest BCUT2D eigenvalue weighted by Crippen LogP contribution is -2.50. The van der Waals surface area contributed by atoms with Crippen LogP contribution in [0.4, 0.5) is 4.79 Å². The molecule has 2 N–H and O–H groups in total. The van der Waals surface area contributed by atoms with Crippen molar-refractivity contribution in [3.8, 4) is 0 Å². The van der Waals surface area contributed by atoms with Gasteiger partial charge < -0.3 is 15.1 Å². The number of pyridine rings is 1. The molecule has 0 saturated carbocycles. The zero-order valence-electron chi connectivity index (χ0n) is 18.8. The minimum Gasteiger partial charge on any atom is -0.352 e. The molecule has 8 nitrogen and oxygen atoms in total. The first kappa shape index (κ1) is 25.7. The summed E-state index contributed by atoms with van der Waals surface area (Å²) in [4.78, 5) is 38.0. The van der Waals surface area contributed by atoms with Crippen LogP contribution >= 0.6 is 34.5 Å². The first-order valence-electron chi connectivity index (χ1n) is 10.8. The number of halogens is 2. The van der Waals surface area contributed by atoms with Gasteiger partial charge in [-0.05, 0) is 66.8 Å². The van der Waals surface area contributed by atoms with Crippen LogP contribution in [0, 0.1) is 6.92 Å². The van der Waals surface area contributed by atoms with Crippen LogP contribution in [0.25, 0.3) is 0 Å². The number of hydrogen-bond acceptors (Lipinski definition) is 6. The number of piperidine rings is 1. The second-order valence-corrected chi connectivity index (χ2v) is 9.51. The molecule has 2 aromatic rings. The number of carbonyl (C=O) groups excluding carboxylic acids is 2. The standard InChI is InChI=1S/C22H29Cl2N5O3S/c1-15-12-18(23)26-20(24)19(15)21(30)25-7-3-8-28-9-4-17(5-10-28)29(22(31)27-32-2)13-16-6-11-33-14-16/h6,11-12,14,17H,3-5,7-10,13H2,1-2H3,(H,25,30)(H,27,31). The third-order valence-corrected chi connectivity index (χ3v) is 6.89. The zero-order chi connectivity index (χ0) is 23.8. The normalized spacial score (nSPS) is 14.8. The fourth-order valence-corrected chi connectivity index (χ4v) is 5.28. The second-order valence-electron chi connectivity index (χ2n) is 7.98. The van der Waals surface area contributed by atoms with Gasteiger partial charge in [0.25, 0.3) is 5.91 Å². The van der Waals surface area contributed by atoms with E-state index in [0.29, 0.717) is 24.2 Å². The highest BCUT2D eigenvalue weighted by molar-refractivity contribution is 7.07. The molecule has 11 heteroatoms. The molecule has 1 fully saturated rings. The van der Waals surface area contributed by atoms with Crippen LogP contribution in [-0.2, 0) is 11.4 Å². The maximum atomic E-state index is 12.5. The molecule has 3 amide bonds. The number of aromatic nitrogens is 1. The van der Waals surface area contributed by atoms with Gasteiger partial charge in [-0.1, -0.05) is 23.2 Å². The second kappa shape index (κ2) is 12.5. The smallest absolute Gasteiger partial charge is 0.341 e. The van der Waals surface area contributed by atoms with Crippen molar-refractivity contribution in [2.45, 2.75) is 38.8 Å². The van der Waals surface area contributed by atoms with E-state index in [0.717, 1.165) is 44.5 Å². The molecule has 0 aliphatic carbocycles. The van der Waals surface area contributed by atoms with Gasteiger partial charge in [0.15, 0.2) is 0 Å². The molecule has 1 saturated heterocycles. The topological polar surface area (TPSA) is 86.8 Å². The van der Waals surface area contributed by atoms with Crippen molar-refractivity contribution >= 4 is 46.5 Å². The van der Waals surface area contributed by atoms with Gasteiger partial charge in [-0.3, -0.25) is 9.63 Å². The van der Waals surface area contributed by atoms with Crippen LogP contribution in [0.3, 0.4) is 0 Å². The maximum Gasteiger partial charge on any atom is 0.341 e. The van der Waals surface area contributed by atoms with Crippen molar-refractivity contribution in [3.05, 3.63) is 49.9 Å². The van der Waals surface area contributed by atoms with E-state index < -0.39 is 0 Å². The van der Waals surface area contributed by atoms with Gasteiger partial charge in [-0.2, -0.15) is 11.3 Å². The van der Waals surface area contributed by atoms with Crippen LogP contribution in [0.1, 0.15) is 40.7 Å². The summed E-state index contributed by atoms with van der Waals surface area (Å²) >= 11 is 13.6. The summed E-state index contributed by atoms with van der Waals surface area (Å²) < 4.78 is 0. The van der Waals surface area contributed by atoms with E-state index in [9.17, 15) is 9.59 Å². The van der Waals surface area contributed by atoms with Gasteiger partial charge in [0.2, 0.25) is 0 Å². The molecular formula is C22H29Cl2N5O3S. The summed E-state index contributed by atoms with van der Waals surface area (Å²) in [5.74, 6) is -0.242. The number of thiophene rings is 1. The van der Waals surface area contributed by atoms with Crippen LogP contribution < -0.4 is 10.8 Å². The largest absolute Gasteiger partial charge is 0.352 e. The van der Waals surface area contributed by atoms with E-state index in [-0.39, 0.29) is 28.3 Å². The number of aryl methyl sites for hydroxylation is 1. The predicted molar refractivity (Wildman–Crippen MR) is 131 cm³/mol. The Hall–Kier alpha value is -1.91. The molecule has 3 heterocycles. The Morgan fingerprint density at radius 3 is 2.73 bits per heavy atom. The predicted octanol–water partition coefficient (Wildman–Crippen LogP) is 4.12. The van der Waals surface area contributed by atoms with Gasteiger partial charge in [-0.15, -0.1) is 0 Å². The summed E-state index contributed by atoms with van der Waals surface area (Å²) in [7, 11) is 1.45. The number of likely N-dealkylation sites (tertiary alicyclic amines) is 1. The number of hydrogen-bond donors (Lipinski definition) is 2. The fourth-order valence-electron chi connectivity index (χ4n) is 4.01. The van der Waals surface area contributed by atoms with Crippen molar-refractivity contribution in [1.29, 1.82) is 0 Å². The average molecular weight is 514 g/mol. The quantitative estimate of drug-likeness (QED) is 0.299. The molecule has 0 bridgehead atoms. The number of hydroxylamine groups is 1. The Morgan fingerprint density at radius 1 is 1.33 bits per heavy atom. The molecule has 0 unspecified atom stereocenters. The fraction of sp³-hybridized carbons (Fsp3) is 0.500. The first-order chi connectivity index (χ1) is 15.9. The van der Waals surface area contributed by atoms with Crippen molar-refractivity contribution < 1.29 is 14.4 Å². The van der Waals surface area contributed by atoms with Crippen molar-refractivity contribution in [1.82, 2.24) is 25.6 Å². The lowest BCUT2D eigenvalue weighted by molar-refractivity contribution is 0.0623. The van der Waals surface area contributed by atoms with E-state index in [1.54, 1.807) is 24.3 Å². The molecule has 180 valence electrons. The van der Waals surface area contributed by atoms with E-state index in [1.807, 2.05) is 16.3 Å². The first-order valence-corrected chi connectivity index (χ1v) is 12.5. The number of carbonyl (C=O) groups is 2. The van der Waals surface area contributed by atoms with Crippen LogP contribution in [0.5, 0.6) is 0 Å². The summed E-state index contributed by atoms with van der Waals surface area (Å²) in [6.07, 6.45) is 2.59. The number of rotatable bonds is 9. The molecule has 3 rings (SSSR count). The average Bonchev–Trinajstić information content (AvgIpc) is 3.28. The number of nitrogens with one attached hydrogen (secondary N) is 2. The minimum absolute atomic E-state index is 0.115. The van der Waals surface area contributed by atoms with E-state index >= 15 is 0 Å². The molecule has 0 radical (unpaired) electrons. The maximum absolute atomic E-state index is 12.5. The molecule has 1 aliphatic heterocycles.